The Morgan fingerprint density at radius 3 is 2.19 bits per heavy atom. The van der Waals surface area contributed by atoms with Crippen molar-refractivity contribution >= 4 is 27.8 Å². The molecule has 0 bridgehead atoms. The van der Waals surface area contributed by atoms with Gasteiger partial charge in [-0.2, -0.15) is 0 Å². The number of sulfonamides is 1. The molecule has 1 unspecified atom stereocenters. The highest BCUT2D eigenvalue weighted by atomic mass is 32.2. The van der Waals surface area contributed by atoms with E-state index in [-0.39, 0.29) is 22.3 Å². The zero-order chi connectivity index (χ0) is 20.4. The number of primary sulfonamides is 1. The van der Waals surface area contributed by atoms with Crippen molar-refractivity contribution in [3.63, 3.8) is 0 Å². The van der Waals surface area contributed by atoms with Crippen molar-refractivity contribution in [2.45, 2.75) is 31.8 Å². The van der Waals surface area contributed by atoms with Crippen LogP contribution in [0.15, 0.2) is 23.1 Å². The number of piperazine rings is 1. The lowest BCUT2D eigenvalue weighted by Crippen LogP contribution is -2.52. The van der Waals surface area contributed by atoms with Gasteiger partial charge in [0.05, 0.1) is 10.5 Å². The highest BCUT2D eigenvalue weighted by molar-refractivity contribution is 7.89. The number of benzene rings is 1. The quantitative estimate of drug-likeness (QED) is 0.706. The first-order valence-electron chi connectivity index (χ1n) is 8.39. The van der Waals surface area contributed by atoms with E-state index in [1.807, 2.05) is 0 Å². The minimum Gasteiger partial charge on any atom is -0.449 e. The van der Waals surface area contributed by atoms with Crippen LogP contribution >= 0.6 is 0 Å². The lowest BCUT2D eigenvalue weighted by atomic mass is 10.1. The second-order valence-electron chi connectivity index (χ2n) is 6.40. The van der Waals surface area contributed by atoms with E-state index < -0.39 is 22.1 Å². The Hall–Kier alpha value is -2.46. The van der Waals surface area contributed by atoms with Crippen LogP contribution in [-0.2, 0) is 24.3 Å². The van der Waals surface area contributed by atoms with E-state index in [1.54, 1.807) is 11.8 Å². The molecule has 10 heteroatoms. The maximum absolute atomic E-state index is 12.5. The van der Waals surface area contributed by atoms with Gasteiger partial charge < -0.3 is 14.5 Å². The summed E-state index contributed by atoms with van der Waals surface area (Å²) in [4.78, 5) is 39.1. The van der Waals surface area contributed by atoms with Gasteiger partial charge in [0.2, 0.25) is 15.9 Å². The Labute approximate surface area is 158 Å². The summed E-state index contributed by atoms with van der Waals surface area (Å²) >= 11 is 0. The summed E-state index contributed by atoms with van der Waals surface area (Å²) in [6, 6.07) is 3.99. The molecule has 27 heavy (non-hydrogen) atoms. The molecule has 0 saturated carbocycles. The van der Waals surface area contributed by atoms with Crippen molar-refractivity contribution in [3.8, 4) is 0 Å². The number of carbonyl (C=O) groups excluding carboxylic acids is 3. The molecule has 1 aliphatic heterocycles. The van der Waals surface area contributed by atoms with Crippen LogP contribution in [0, 0.1) is 6.92 Å². The summed E-state index contributed by atoms with van der Waals surface area (Å²) in [5.41, 5.74) is 0.396. The molecular weight excluding hydrogens is 374 g/mol. The zero-order valence-corrected chi connectivity index (χ0v) is 16.3. The summed E-state index contributed by atoms with van der Waals surface area (Å²) in [5.74, 6) is -1.24. The number of rotatable bonds is 4. The van der Waals surface area contributed by atoms with Crippen LogP contribution in [0.2, 0.25) is 0 Å². The third-order valence-corrected chi connectivity index (χ3v) is 5.45. The van der Waals surface area contributed by atoms with Gasteiger partial charge in [0.1, 0.15) is 0 Å². The van der Waals surface area contributed by atoms with Gasteiger partial charge in [0.15, 0.2) is 6.10 Å². The maximum Gasteiger partial charge on any atom is 0.338 e. The first-order valence-corrected chi connectivity index (χ1v) is 9.94. The van der Waals surface area contributed by atoms with Crippen LogP contribution in [0.4, 0.5) is 0 Å². The Balaban J connectivity index is 2.03. The molecule has 9 nitrogen and oxygen atoms in total. The molecule has 2 amide bonds. The Bertz CT molecular complexity index is 859. The topological polar surface area (TPSA) is 127 Å². The number of hydrogen-bond acceptors (Lipinski definition) is 6. The second-order valence-corrected chi connectivity index (χ2v) is 7.93. The normalized spacial score (nSPS) is 16.0. The van der Waals surface area contributed by atoms with Crippen LogP contribution in [0.3, 0.4) is 0 Å². The van der Waals surface area contributed by atoms with Crippen molar-refractivity contribution < 1.29 is 27.5 Å². The predicted octanol–water partition coefficient (Wildman–Crippen LogP) is -0.122. The SMILES string of the molecule is CC(=O)N1CCN(C(=O)C(C)OC(=O)c2ccc(C)c(S(N)(=O)=O)c2)CC1. The molecule has 1 heterocycles. The van der Waals surface area contributed by atoms with Crippen LogP contribution in [0.25, 0.3) is 0 Å². The van der Waals surface area contributed by atoms with Gasteiger partial charge in [-0.25, -0.2) is 18.4 Å². The molecule has 1 saturated heterocycles. The molecular formula is C17H23N3O6S. The molecule has 2 rings (SSSR count). The van der Waals surface area contributed by atoms with Gasteiger partial charge in [-0.15, -0.1) is 0 Å². The maximum atomic E-state index is 12.5. The van der Waals surface area contributed by atoms with E-state index in [1.165, 1.54) is 30.9 Å². The molecule has 148 valence electrons. The van der Waals surface area contributed by atoms with Gasteiger partial charge in [-0.05, 0) is 31.5 Å². The summed E-state index contributed by atoms with van der Waals surface area (Å²) in [5, 5.41) is 5.14. The number of amides is 2. The second kappa shape index (κ2) is 8.05. The Morgan fingerprint density at radius 2 is 1.67 bits per heavy atom. The van der Waals surface area contributed by atoms with Gasteiger partial charge in [-0.3, -0.25) is 9.59 Å². The highest BCUT2D eigenvalue weighted by Gasteiger charge is 2.28. The molecule has 0 aliphatic carbocycles. The number of hydrogen-bond donors (Lipinski definition) is 1. The molecule has 2 N–H and O–H groups in total. The standard InChI is InChI=1S/C17H23N3O6S/c1-11-4-5-14(10-15(11)27(18,24)25)17(23)26-12(2)16(22)20-8-6-19(7-9-20)13(3)21/h4-5,10,12H,6-9H2,1-3H3,(H2,18,24,25). The fraction of sp³-hybridized carbons (Fsp3) is 0.471. The lowest BCUT2D eigenvalue weighted by molar-refractivity contribution is -0.144. The van der Waals surface area contributed by atoms with Crippen molar-refractivity contribution in [2.75, 3.05) is 26.2 Å². The smallest absolute Gasteiger partial charge is 0.338 e. The third kappa shape index (κ3) is 5.04. The molecule has 1 aliphatic rings. The van der Waals surface area contributed by atoms with E-state index in [0.29, 0.717) is 31.7 Å². The summed E-state index contributed by atoms with van der Waals surface area (Å²) in [7, 11) is -3.98. The zero-order valence-electron chi connectivity index (χ0n) is 15.5. The van der Waals surface area contributed by atoms with Crippen LogP contribution in [0.1, 0.15) is 29.8 Å². The number of carbonyl (C=O) groups is 3. The van der Waals surface area contributed by atoms with E-state index in [2.05, 4.69) is 0 Å². The first kappa shape index (κ1) is 20.8. The van der Waals surface area contributed by atoms with Crippen molar-refractivity contribution in [3.05, 3.63) is 29.3 Å². The molecule has 0 radical (unpaired) electrons. The predicted molar refractivity (Wildman–Crippen MR) is 96.3 cm³/mol. The number of ether oxygens (including phenoxy) is 1. The van der Waals surface area contributed by atoms with E-state index in [4.69, 9.17) is 9.88 Å². The molecule has 0 aromatic heterocycles. The Morgan fingerprint density at radius 1 is 1.11 bits per heavy atom. The average Bonchev–Trinajstić information content (AvgIpc) is 2.60. The number of aryl methyl sites for hydroxylation is 1. The largest absolute Gasteiger partial charge is 0.449 e. The molecule has 0 spiro atoms. The minimum atomic E-state index is -3.98. The van der Waals surface area contributed by atoms with Crippen LogP contribution in [-0.4, -0.2) is 68.3 Å². The Kier molecular flexibility index (Phi) is 6.22. The number of nitrogens with zero attached hydrogens (tertiary/aromatic N) is 2. The summed E-state index contributed by atoms with van der Waals surface area (Å²) in [6.07, 6.45) is -1.04. The first-order chi connectivity index (χ1) is 12.5. The molecule has 1 fully saturated rings. The summed E-state index contributed by atoms with van der Waals surface area (Å²) in [6.45, 7) is 6.06. The van der Waals surface area contributed by atoms with Gasteiger partial charge >= 0.3 is 5.97 Å². The van der Waals surface area contributed by atoms with Gasteiger partial charge in [0.25, 0.3) is 5.91 Å². The number of esters is 1. The molecule has 1 aromatic rings. The highest BCUT2D eigenvalue weighted by Crippen LogP contribution is 2.17. The van der Waals surface area contributed by atoms with E-state index in [0.717, 1.165) is 6.07 Å². The summed E-state index contributed by atoms with van der Waals surface area (Å²) < 4.78 is 28.3. The van der Waals surface area contributed by atoms with Crippen molar-refractivity contribution in [1.29, 1.82) is 0 Å². The van der Waals surface area contributed by atoms with E-state index in [9.17, 15) is 22.8 Å². The van der Waals surface area contributed by atoms with E-state index >= 15 is 0 Å². The van der Waals surface area contributed by atoms with Crippen LogP contribution < -0.4 is 5.14 Å². The molecule has 1 aromatic carbocycles. The average molecular weight is 397 g/mol. The monoisotopic (exact) mass is 397 g/mol. The third-order valence-electron chi connectivity index (χ3n) is 4.40. The minimum absolute atomic E-state index is 0.00864. The number of nitrogens with two attached hydrogens (primary N) is 1. The van der Waals surface area contributed by atoms with Crippen molar-refractivity contribution in [1.82, 2.24) is 9.80 Å². The van der Waals surface area contributed by atoms with Gasteiger partial charge in [0, 0.05) is 33.1 Å². The lowest BCUT2D eigenvalue weighted by Gasteiger charge is -2.35. The van der Waals surface area contributed by atoms with Crippen molar-refractivity contribution in [2.24, 2.45) is 5.14 Å². The van der Waals surface area contributed by atoms with Crippen LogP contribution in [0.5, 0.6) is 0 Å². The van der Waals surface area contributed by atoms with Gasteiger partial charge in [-0.1, -0.05) is 6.07 Å². The fourth-order valence-corrected chi connectivity index (χ4v) is 3.62. The molecule has 1 atom stereocenters. The fourth-order valence-electron chi connectivity index (χ4n) is 2.81.